The molecule has 2 saturated heterocycles. The molecule has 0 aromatic rings. The Hall–Kier alpha value is -1.35. The monoisotopic (exact) mass is 306 g/mol. The van der Waals surface area contributed by atoms with E-state index in [1.54, 1.807) is 6.92 Å². The molecule has 2 aliphatic rings. The van der Waals surface area contributed by atoms with E-state index >= 15 is 0 Å². The molecule has 9 heteroatoms. The lowest BCUT2D eigenvalue weighted by atomic mass is 10.1. The Labute approximate surface area is 117 Å². The summed E-state index contributed by atoms with van der Waals surface area (Å²) in [6.45, 7) is 2.23. The highest BCUT2D eigenvalue weighted by Gasteiger charge is 2.43. The fourth-order valence-corrected chi connectivity index (χ4v) is 4.32. The molecule has 0 unspecified atom stereocenters. The zero-order valence-corrected chi connectivity index (χ0v) is 12.0. The molecule has 0 spiro atoms. The van der Waals surface area contributed by atoms with Crippen LogP contribution in [0, 0.1) is 0 Å². The number of amides is 2. The van der Waals surface area contributed by atoms with Crippen molar-refractivity contribution in [2.24, 2.45) is 0 Å². The quantitative estimate of drug-likeness (QED) is 0.662. The zero-order chi connectivity index (χ0) is 14.9. The molecule has 0 saturated carbocycles. The maximum absolute atomic E-state index is 12.0. The summed E-state index contributed by atoms with van der Waals surface area (Å²) in [6.07, 6.45) is -1.61. The van der Waals surface area contributed by atoms with Gasteiger partial charge in [0.05, 0.1) is 30.3 Å². The summed E-state index contributed by atoms with van der Waals surface area (Å²) >= 11 is 0. The lowest BCUT2D eigenvalue weighted by molar-refractivity contribution is -0.139. The zero-order valence-electron chi connectivity index (χ0n) is 11.2. The molecule has 2 amide bonds. The van der Waals surface area contributed by atoms with Crippen LogP contribution in [0.3, 0.4) is 0 Å². The first-order chi connectivity index (χ1) is 9.34. The molecule has 0 aromatic carbocycles. The third-order valence-corrected chi connectivity index (χ3v) is 5.18. The molecule has 2 rings (SSSR count). The smallest absolute Gasteiger partial charge is 0.410 e. The Morgan fingerprint density at radius 2 is 2.10 bits per heavy atom. The minimum atomic E-state index is -3.31. The van der Waals surface area contributed by atoms with E-state index < -0.39 is 28.1 Å². The van der Waals surface area contributed by atoms with Gasteiger partial charge in [-0.3, -0.25) is 9.69 Å². The van der Waals surface area contributed by atoms with Gasteiger partial charge in [0.15, 0.2) is 9.84 Å². The van der Waals surface area contributed by atoms with Gasteiger partial charge in [0, 0.05) is 13.1 Å². The average Bonchev–Trinajstić information content (AvgIpc) is 2.63. The van der Waals surface area contributed by atoms with Crippen LogP contribution in [-0.2, 0) is 19.4 Å². The second kappa shape index (κ2) is 5.57. The van der Waals surface area contributed by atoms with Gasteiger partial charge in [-0.2, -0.15) is 0 Å². The Kier molecular flexibility index (Phi) is 4.19. The molecule has 2 fully saturated rings. The molecule has 114 valence electrons. The molecule has 2 aliphatic heterocycles. The molecule has 2 atom stereocenters. The number of aliphatic hydroxyl groups excluding tert-OH is 1. The van der Waals surface area contributed by atoms with Gasteiger partial charge >= 0.3 is 6.09 Å². The predicted molar refractivity (Wildman–Crippen MR) is 68.8 cm³/mol. The number of carbonyl (C=O) groups excluding carboxylic acids is 2. The number of rotatable bonds is 2. The summed E-state index contributed by atoms with van der Waals surface area (Å²) in [5, 5.41) is 9.78. The van der Waals surface area contributed by atoms with Crippen molar-refractivity contribution in [2.75, 3.05) is 37.7 Å². The van der Waals surface area contributed by atoms with E-state index in [2.05, 4.69) is 0 Å². The summed E-state index contributed by atoms with van der Waals surface area (Å²) in [7, 11) is -3.31. The van der Waals surface area contributed by atoms with Crippen LogP contribution in [0.1, 0.15) is 6.92 Å². The minimum absolute atomic E-state index is 0.151. The Morgan fingerprint density at radius 1 is 1.40 bits per heavy atom. The van der Waals surface area contributed by atoms with Crippen LogP contribution in [0.2, 0.25) is 0 Å². The van der Waals surface area contributed by atoms with Crippen LogP contribution < -0.4 is 0 Å². The van der Waals surface area contributed by atoms with Gasteiger partial charge in [-0.05, 0) is 6.92 Å². The largest absolute Gasteiger partial charge is 0.450 e. The number of ether oxygens (including phenoxy) is 1. The first-order valence-electron chi connectivity index (χ1n) is 6.43. The van der Waals surface area contributed by atoms with Crippen LogP contribution in [0.4, 0.5) is 4.79 Å². The number of piperazine rings is 1. The van der Waals surface area contributed by atoms with Gasteiger partial charge in [-0.1, -0.05) is 0 Å². The van der Waals surface area contributed by atoms with Crippen LogP contribution >= 0.6 is 0 Å². The summed E-state index contributed by atoms with van der Waals surface area (Å²) < 4.78 is 27.8. The minimum Gasteiger partial charge on any atom is -0.450 e. The van der Waals surface area contributed by atoms with Crippen LogP contribution in [0.15, 0.2) is 0 Å². The number of sulfone groups is 1. The van der Waals surface area contributed by atoms with Gasteiger partial charge in [0.1, 0.15) is 6.54 Å². The van der Waals surface area contributed by atoms with E-state index in [1.165, 1.54) is 9.80 Å². The van der Waals surface area contributed by atoms with Gasteiger partial charge in [0.2, 0.25) is 5.91 Å². The van der Waals surface area contributed by atoms with E-state index in [-0.39, 0.29) is 43.7 Å². The first-order valence-corrected chi connectivity index (χ1v) is 8.26. The molecular weight excluding hydrogens is 288 g/mol. The molecule has 20 heavy (non-hydrogen) atoms. The Bertz CT molecular complexity index is 505. The normalized spacial score (nSPS) is 29.6. The molecule has 2 heterocycles. The highest BCUT2D eigenvalue weighted by atomic mass is 32.2. The fraction of sp³-hybridized carbons (Fsp3) is 0.818. The highest BCUT2D eigenvalue weighted by molar-refractivity contribution is 7.91. The van der Waals surface area contributed by atoms with Crippen molar-refractivity contribution in [3.8, 4) is 0 Å². The number of hydrogen-bond acceptors (Lipinski definition) is 6. The summed E-state index contributed by atoms with van der Waals surface area (Å²) in [6, 6.07) is -0.711. The van der Waals surface area contributed by atoms with E-state index in [0.29, 0.717) is 0 Å². The molecule has 0 aliphatic carbocycles. The van der Waals surface area contributed by atoms with Crippen molar-refractivity contribution >= 4 is 21.8 Å². The van der Waals surface area contributed by atoms with Gasteiger partial charge in [-0.15, -0.1) is 0 Å². The standard InChI is InChI=1S/C11H18N2O6S/c1-2-19-11(16)12-3-4-13(10(15)5-12)8-6-20(17,18)7-9(8)14/h8-9,14H,2-7H2,1H3/t8-,9-/m0/s1. The van der Waals surface area contributed by atoms with Gasteiger partial charge in [0.25, 0.3) is 0 Å². The third-order valence-electron chi connectivity index (χ3n) is 3.48. The Balaban J connectivity index is 2.01. The van der Waals surface area contributed by atoms with Crippen LogP contribution in [-0.4, -0.2) is 85.2 Å². The number of aliphatic hydroxyl groups is 1. The molecule has 1 N–H and O–H groups in total. The highest BCUT2D eigenvalue weighted by Crippen LogP contribution is 2.20. The van der Waals surface area contributed by atoms with E-state index in [1.807, 2.05) is 0 Å². The van der Waals surface area contributed by atoms with Crippen molar-refractivity contribution in [2.45, 2.75) is 19.1 Å². The van der Waals surface area contributed by atoms with Crippen LogP contribution in [0.5, 0.6) is 0 Å². The van der Waals surface area contributed by atoms with Crippen molar-refractivity contribution in [1.29, 1.82) is 0 Å². The fourth-order valence-electron chi connectivity index (χ4n) is 2.52. The van der Waals surface area contributed by atoms with Crippen LogP contribution in [0.25, 0.3) is 0 Å². The van der Waals surface area contributed by atoms with E-state index in [4.69, 9.17) is 4.74 Å². The van der Waals surface area contributed by atoms with Crippen molar-refractivity contribution in [3.05, 3.63) is 0 Å². The van der Waals surface area contributed by atoms with E-state index in [9.17, 15) is 23.1 Å². The Morgan fingerprint density at radius 3 is 2.60 bits per heavy atom. The second-order valence-corrected chi connectivity index (χ2v) is 7.07. The van der Waals surface area contributed by atoms with Crippen molar-refractivity contribution in [1.82, 2.24) is 9.80 Å². The molecular formula is C11H18N2O6S. The summed E-state index contributed by atoms with van der Waals surface area (Å²) in [5.74, 6) is -0.909. The molecule has 0 aromatic heterocycles. The summed E-state index contributed by atoms with van der Waals surface area (Å²) in [4.78, 5) is 26.2. The molecule has 0 bridgehead atoms. The van der Waals surface area contributed by atoms with Gasteiger partial charge in [-0.25, -0.2) is 13.2 Å². The predicted octanol–water partition coefficient (Wildman–Crippen LogP) is -1.55. The SMILES string of the molecule is CCOC(=O)N1CCN([C@H]2CS(=O)(=O)C[C@@H]2O)C(=O)C1. The maximum atomic E-state index is 12.0. The second-order valence-electron chi connectivity index (χ2n) is 4.92. The topological polar surface area (TPSA) is 104 Å². The van der Waals surface area contributed by atoms with Crippen molar-refractivity contribution < 1.29 is 27.9 Å². The summed E-state index contributed by atoms with van der Waals surface area (Å²) in [5.41, 5.74) is 0. The molecule has 0 radical (unpaired) electrons. The third kappa shape index (κ3) is 3.04. The maximum Gasteiger partial charge on any atom is 0.410 e. The first kappa shape index (κ1) is 15.0. The molecule has 8 nitrogen and oxygen atoms in total. The number of nitrogens with zero attached hydrogens (tertiary/aromatic N) is 2. The lowest BCUT2D eigenvalue weighted by Crippen LogP contribution is -2.58. The number of hydrogen-bond donors (Lipinski definition) is 1. The van der Waals surface area contributed by atoms with Gasteiger partial charge < -0.3 is 14.7 Å². The average molecular weight is 306 g/mol. The lowest BCUT2D eigenvalue weighted by Gasteiger charge is -2.37. The van der Waals surface area contributed by atoms with E-state index in [0.717, 1.165) is 0 Å². The van der Waals surface area contributed by atoms with Crippen molar-refractivity contribution in [3.63, 3.8) is 0 Å². The number of carbonyl (C=O) groups is 2.